The molecule has 6 heteroatoms. The second-order valence-electron chi connectivity index (χ2n) is 7.04. The fourth-order valence-corrected chi connectivity index (χ4v) is 4.33. The number of benzene rings is 2. The van der Waals surface area contributed by atoms with Crippen LogP contribution in [-0.2, 0) is 4.79 Å². The van der Waals surface area contributed by atoms with Gasteiger partial charge in [-0.2, -0.15) is 0 Å². The van der Waals surface area contributed by atoms with Gasteiger partial charge in [0.15, 0.2) is 18.0 Å². The lowest BCUT2D eigenvalue weighted by atomic mass is 10.1. The van der Waals surface area contributed by atoms with Crippen molar-refractivity contribution in [2.45, 2.75) is 19.0 Å². The Morgan fingerprint density at radius 2 is 1.83 bits per heavy atom. The van der Waals surface area contributed by atoms with Crippen LogP contribution in [0.15, 0.2) is 66.0 Å². The number of rotatable bonds is 7. The van der Waals surface area contributed by atoms with Crippen LogP contribution < -0.4 is 20.1 Å². The van der Waals surface area contributed by atoms with Gasteiger partial charge in [-0.1, -0.05) is 42.5 Å². The lowest BCUT2D eigenvalue weighted by molar-refractivity contribution is -0.676. The Balaban J connectivity index is 1.38. The maximum absolute atomic E-state index is 12.6. The molecule has 0 bridgehead atoms. The first kappa shape index (κ1) is 19.5. The van der Waals surface area contributed by atoms with Crippen molar-refractivity contribution in [1.82, 2.24) is 5.32 Å². The zero-order valence-corrected chi connectivity index (χ0v) is 17.2. The fraction of sp³-hybridized carbons (Fsp3) is 0.261. The van der Waals surface area contributed by atoms with Crippen LogP contribution in [0, 0.1) is 0 Å². The molecule has 0 unspecified atom stereocenters. The Labute approximate surface area is 174 Å². The van der Waals surface area contributed by atoms with Crippen LogP contribution in [-0.4, -0.2) is 25.7 Å². The highest BCUT2D eigenvalue weighted by Crippen LogP contribution is 2.32. The van der Waals surface area contributed by atoms with Crippen molar-refractivity contribution < 1.29 is 19.6 Å². The van der Waals surface area contributed by atoms with Crippen LogP contribution in [0.2, 0.25) is 0 Å². The summed E-state index contributed by atoms with van der Waals surface area (Å²) in [5.74, 6) is 1.50. The summed E-state index contributed by atoms with van der Waals surface area (Å²) in [7, 11) is 0. The molecule has 1 aromatic heterocycles. The standard InChI is InChI=1S/C23H24N2O3S/c1-16(18-9-10-19-20(14-18)28-12-11-27-19)25-22(26)15-24-23(21-8-5-13-29-21)17-6-3-2-4-7-17/h2-10,13-14,16,23-24H,11-12,15H2,1H3,(H,25,26)/p+1/t16-,23-/m1/s1. The van der Waals surface area contributed by atoms with Crippen molar-refractivity contribution in [3.05, 3.63) is 82.0 Å². The molecule has 2 atom stereocenters. The Kier molecular flexibility index (Phi) is 6.12. The minimum Gasteiger partial charge on any atom is -0.486 e. The number of thiophene rings is 1. The third-order valence-electron chi connectivity index (χ3n) is 4.99. The monoisotopic (exact) mass is 409 g/mol. The Hall–Kier alpha value is -2.83. The highest BCUT2D eigenvalue weighted by atomic mass is 32.1. The van der Waals surface area contributed by atoms with Gasteiger partial charge in [0.2, 0.25) is 0 Å². The van der Waals surface area contributed by atoms with Crippen molar-refractivity contribution in [1.29, 1.82) is 0 Å². The van der Waals surface area contributed by atoms with E-state index in [9.17, 15) is 4.79 Å². The van der Waals surface area contributed by atoms with Gasteiger partial charge >= 0.3 is 0 Å². The maximum atomic E-state index is 12.6. The van der Waals surface area contributed by atoms with Gasteiger partial charge in [-0.25, -0.2) is 0 Å². The molecule has 29 heavy (non-hydrogen) atoms. The summed E-state index contributed by atoms with van der Waals surface area (Å²) < 4.78 is 11.2. The second-order valence-corrected chi connectivity index (χ2v) is 8.02. The summed E-state index contributed by atoms with van der Waals surface area (Å²) in [5.41, 5.74) is 2.20. The van der Waals surface area contributed by atoms with Crippen molar-refractivity contribution in [2.24, 2.45) is 0 Å². The first-order valence-electron chi connectivity index (χ1n) is 9.81. The van der Waals surface area contributed by atoms with E-state index in [1.54, 1.807) is 11.3 Å². The second kappa shape index (κ2) is 9.11. The van der Waals surface area contributed by atoms with Crippen LogP contribution in [0.5, 0.6) is 11.5 Å². The number of carbonyl (C=O) groups excluding carboxylic acids is 1. The number of nitrogens with two attached hydrogens (primary N) is 1. The third kappa shape index (κ3) is 4.78. The molecule has 5 nitrogen and oxygen atoms in total. The molecule has 0 radical (unpaired) electrons. The first-order valence-corrected chi connectivity index (χ1v) is 10.7. The summed E-state index contributed by atoms with van der Waals surface area (Å²) in [6, 6.07) is 20.3. The molecule has 0 spiro atoms. The summed E-state index contributed by atoms with van der Waals surface area (Å²) in [6.45, 7) is 3.46. The normalized spacial score (nSPS) is 14.8. The predicted octanol–water partition coefficient (Wildman–Crippen LogP) is 3.05. The SMILES string of the molecule is C[C@@H](NC(=O)C[NH2+][C@H](c1ccccc1)c1cccs1)c1ccc2c(c1)OCCO2. The molecule has 3 N–H and O–H groups in total. The smallest absolute Gasteiger partial charge is 0.275 e. The van der Waals surface area contributed by atoms with Crippen molar-refractivity contribution >= 4 is 17.2 Å². The molecule has 4 rings (SSSR count). The number of ether oxygens (including phenoxy) is 2. The van der Waals surface area contributed by atoms with Gasteiger partial charge in [-0.05, 0) is 36.1 Å². The molecule has 1 aliphatic rings. The largest absolute Gasteiger partial charge is 0.486 e. The molecule has 150 valence electrons. The lowest BCUT2D eigenvalue weighted by Crippen LogP contribution is -2.87. The molecular weight excluding hydrogens is 384 g/mol. The summed E-state index contributed by atoms with van der Waals surface area (Å²) in [5, 5.41) is 7.25. The number of carbonyl (C=O) groups is 1. The van der Waals surface area contributed by atoms with E-state index in [4.69, 9.17) is 9.47 Å². The molecular formula is C23H25N2O3S+. The van der Waals surface area contributed by atoms with E-state index >= 15 is 0 Å². The van der Waals surface area contributed by atoms with Gasteiger partial charge in [0.05, 0.1) is 10.9 Å². The highest BCUT2D eigenvalue weighted by Gasteiger charge is 2.21. The van der Waals surface area contributed by atoms with E-state index in [0.29, 0.717) is 19.8 Å². The Bertz CT molecular complexity index is 944. The minimum atomic E-state index is -0.108. The predicted molar refractivity (Wildman–Crippen MR) is 113 cm³/mol. The molecule has 0 saturated carbocycles. The van der Waals surface area contributed by atoms with Crippen molar-refractivity contribution in [3.8, 4) is 11.5 Å². The Morgan fingerprint density at radius 1 is 1.03 bits per heavy atom. The molecule has 2 heterocycles. The number of fused-ring (bicyclic) bond motifs is 1. The maximum Gasteiger partial charge on any atom is 0.275 e. The van der Waals surface area contributed by atoms with Crippen molar-refractivity contribution in [2.75, 3.05) is 19.8 Å². The topological polar surface area (TPSA) is 64.2 Å². The summed E-state index contributed by atoms with van der Waals surface area (Å²) >= 11 is 1.71. The van der Waals surface area contributed by atoms with Gasteiger partial charge in [0.1, 0.15) is 19.3 Å². The third-order valence-corrected chi connectivity index (χ3v) is 5.95. The van der Waals surface area contributed by atoms with E-state index in [-0.39, 0.29) is 18.0 Å². The average Bonchev–Trinajstić information content (AvgIpc) is 3.29. The molecule has 2 aromatic carbocycles. The Morgan fingerprint density at radius 3 is 2.59 bits per heavy atom. The van der Waals surface area contributed by atoms with Crippen LogP contribution >= 0.6 is 11.3 Å². The molecule has 1 aliphatic heterocycles. The molecule has 3 aromatic rings. The molecule has 1 amide bonds. The van der Waals surface area contributed by atoms with Gasteiger partial charge < -0.3 is 20.1 Å². The van der Waals surface area contributed by atoms with Gasteiger partial charge in [-0.15, -0.1) is 11.3 Å². The van der Waals surface area contributed by atoms with E-state index in [1.807, 2.05) is 49.4 Å². The van der Waals surface area contributed by atoms with Crippen LogP contribution in [0.1, 0.15) is 35.0 Å². The minimum absolute atomic E-state index is 0.00452. The molecule has 0 saturated heterocycles. The quantitative estimate of drug-likeness (QED) is 0.630. The van der Waals surface area contributed by atoms with Crippen LogP contribution in [0.3, 0.4) is 0 Å². The number of hydrogen-bond donors (Lipinski definition) is 2. The van der Waals surface area contributed by atoms with E-state index in [2.05, 4.69) is 34.2 Å². The number of nitrogens with one attached hydrogen (secondary N) is 1. The summed E-state index contributed by atoms with van der Waals surface area (Å²) in [4.78, 5) is 13.9. The van der Waals surface area contributed by atoms with Crippen molar-refractivity contribution in [3.63, 3.8) is 0 Å². The summed E-state index contributed by atoms with van der Waals surface area (Å²) in [6.07, 6.45) is 0. The average molecular weight is 410 g/mol. The van der Waals surface area contributed by atoms with Gasteiger partial charge in [0, 0.05) is 5.56 Å². The molecule has 0 aliphatic carbocycles. The van der Waals surface area contributed by atoms with E-state index in [0.717, 1.165) is 17.1 Å². The van der Waals surface area contributed by atoms with Gasteiger partial charge in [-0.3, -0.25) is 4.79 Å². The zero-order chi connectivity index (χ0) is 20.1. The van der Waals surface area contributed by atoms with Crippen LogP contribution in [0.25, 0.3) is 0 Å². The lowest BCUT2D eigenvalue weighted by Gasteiger charge is -2.21. The fourth-order valence-electron chi connectivity index (χ4n) is 3.48. The van der Waals surface area contributed by atoms with Gasteiger partial charge in [0.25, 0.3) is 5.91 Å². The van der Waals surface area contributed by atoms with E-state index < -0.39 is 0 Å². The van der Waals surface area contributed by atoms with E-state index in [1.165, 1.54) is 10.4 Å². The molecule has 0 fully saturated rings. The highest BCUT2D eigenvalue weighted by molar-refractivity contribution is 7.10. The number of quaternary nitrogens is 1. The zero-order valence-electron chi connectivity index (χ0n) is 16.3. The first-order chi connectivity index (χ1) is 14.2. The number of amides is 1. The van der Waals surface area contributed by atoms with Crippen LogP contribution in [0.4, 0.5) is 0 Å². The number of hydrogen-bond acceptors (Lipinski definition) is 4.